The highest BCUT2D eigenvalue weighted by Gasteiger charge is 2.41. The zero-order valence-corrected chi connectivity index (χ0v) is 24.5. The molecule has 40 heavy (non-hydrogen) atoms. The van der Waals surface area contributed by atoms with E-state index in [0.29, 0.717) is 16.5 Å². The second kappa shape index (κ2) is 13.4. The van der Waals surface area contributed by atoms with Crippen LogP contribution in [0.25, 0.3) is 0 Å². The molecule has 1 saturated heterocycles. The van der Waals surface area contributed by atoms with Crippen LogP contribution in [-0.4, -0.2) is 23.8 Å². The van der Waals surface area contributed by atoms with Crippen molar-refractivity contribution in [2.24, 2.45) is 5.92 Å². The third-order valence-electron chi connectivity index (χ3n) is 7.47. The molecule has 0 unspecified atom stereocenters. The molecule has 0 amide bonds. The molecular weight excluding hydrogens is 524 g/mol. The molecule has 0 saturated carbocycles. The summed E-state index contributed by atoms with van der Waals surface area (Å²) in [5, 5.41) is 10.0. The molecule has 0 radical (unpaired) electrons. The first-order chi connectivity index (χ1) is 19.1. The smallest absolute Gasteiger partial charge is 0.341 e. The van der Waals surface area contributed by atoms with E-state index in [-0.39, 0.29) is 24.0 Å². The first kappa shape index (κ1) is 29.7. The first-order valence-corrected chi connectivity index (χ1v) is 14.3. The minimum Gasteiger partial charge on any atom is -0.482 e. The van der Waals surface area contributed by atoms with E-state index < -0.39 is 12.6 Å². The molecule has 4 rings (SSSR count). The van der Waals surface area contributed by atoms with E-state index in [4.69, 9.17) is 25.8 Å². The zero-order valence-electron chi connectivity index (χ0n) is 23.8. The maximum absolute atomic E-state index is 11.4. The number of hydrogen-bond acceptors (Lipinski definition) is 4. The van der Waals surface area contributed by atoms with Gasteiger partial charge in [0.15, 0.2) is 6.61 Å². The molecular formula is C34H39ClO5. The second-order valence-electron chi connectivity index (χ2n) is 10.9. The summed E-state index contributed by atoms with van der Waals surface area (Å²) in [7, 11) is 0. The van der Waals surface area contributed by atoms with Gasteiger partial charge in [-0.05, 0) is 92.8 Å². The molecule has 5 nitrogen and oxygen atoms in total. The van der Waals surface area contributed by atoms with Gasteiger partial charge in [0.2, 0.25) is 0 Å². The van der Waals surface area contributed by atoms with Gasteiger partial charge in [0.1, 0.15) is 17.2 Å². The quantitative estimate of drug-likeness (QED) is 0.236. The van der Waals surface area contributed by atoms with Crippen LogP contribution >= 0.6 is 11.6 Å². The zero-order chi connectivity index (χ0) is 28.8. The first-order valence-electron chi connectivity index (χ1n) is 14.0. The average molecular weight is 563 g/mol. The number of aliphatic carboxylic acids is 1. The Bertz CT molecular complexity index is 1330. The Kier molecular flexibility index (Phi) is 9.94. The Morgan fingerprint density at radius 1 is 1.07 bits per heavy atom. The summed E-state index contributed by atoms with van der Waals surface area (Å²) in [5.74, 6) is 0.942. The van der Waals surface area contributed by atoms with Crippen molar-refractivity contribution in [1.82, 2.24) is 0 Å². The van der Waals surface area contributed by atoms with Gasteiger partial charge in [-0.15, -0.1) is 0 Å². The number of carbonyl (C=O) groups is 1. The summed E-state index contributed by atoms with van der Waals surface area (Å²) in [6, 6.07) is 19.6. The molecule has 1 aliphatic heterocycles. The van der Waals surface area contributed by atoms with Gasteiger partial charge in [-0.2, -0.15) is 0 Å². The number of hydrogen-bond donors (Lipinski definition) is 1. The van der Waals surface area contributed by atoms with Crippen LogP contribution in [0.1, 0.15) is 73.8 Å². The Balaban J connectivity index is 1.75. The Morgan fingerprint density at radius 3 is 2.48 bits per heavy atom. The highest BCUT2D eigenvalue weighted by atomic mass is 35.5. The maximum atomic E-state index is 11.4. The molecule has 1 aliphatic rings. The van der Waals surface area contributed by atoms with Crippen LogP contribution in [0.3, 0.4) is 0 Å². The number of rotatable bonds is 11. The van der Waals surface area contributed by atoms with E-state index in [1.807, 2.05) is 57.2 Å². The van der Waals surface area contributed by atoms with Crippen molar-refractivity contribution >= 4 is 17.6 Å². The fourth-order valence-corrected chi connectivity index (χ4v) is 5.85. The van der Waals surface area contributed by atoms with Crippen molar-refractivity contribution in [2.75, 3.05) is 6.61 Å². The Morgan fingerprint density at radius 2 is 1.82 bits per heavy atom. The van der Waals surface area contributed by atoms with Crippen molar-refractivity contribution in [2.45, 2.75) is 71.5 Å². The third kappa shape index (κ3) is 7.47. The predicted octanol–water partition coefficient (Wildman–Crippen LogP) is 9.21. The van der Waals surface area contributed by atoms with Gasteiger partial charge in [-0.3, -0.25) is 0 Å². The van der Waals surface area contributed by atoms with E-state index in [1.165, 1.54) is 0 Å². The molecule has 0 bridgehead atoms. The number of benzene rings is 3. The maximum Gasteiger partial charge on any atom is 0.341 e. The van der Waals surface area contributed by atoms with Crippen LogP contribution in [0, 0.1) is 19.8 Å². The van der Waals surface area contributed by atoms with Gasteiger partial charge in [0.25, 0.3) is 0 Å². The Hall–Kier alpha value is -3.28. The number of carboxylic acids is 1. The summed E-state index contributed by atoms with van der Waals surface area (Å²) >= 11 is 6.39. The fraction of sp³-hybridized carbons (Fsp3) is 0.382. The van der Waals surface area contributed by atoms with Gasteiger partial charge in [0.05, 0.1) is 12.2 Å². The number of halogens is 1. The van der Waals surface area contributed by atoms with Crippen molar-refractivity contribution < 1.29 is 24.1 Å². The monoisotopic (exact) mass is 562 g/mol. The molecule has 1 N–H and O–H groups in total. The minimum absolute atomic E-state index is 0.0227. The van der Waals surface area contributed by atoms with Crippen LogP contribution in [0.4, 0.5) is 0 Å². The van der Waals surface area contributed by atoms with Crippen molar-refractivity contribution in [3.05, 3.63) is 100 Å². The highest BCUT2D eigenvalue weighted by molar-refractivity contribution is 6.30. The molecule has 6 heteroatoms. The summed E-state index contributed by atoms with van der Waals surface area (Å²) in [6.07, 6.45) is 3.40. The second-order valence-corrected chi connectivity index (χ2v) is 11.3. The van der Waals surface area contributed by atoms with Crippen LogP contribution in [0.2, 0.25) is 5.02 Å². The lowest BCUT2D eigenvalue weighted by molar-refractivity contribution is -0.139. The van der Waals surface area contributed by atoms with E-state index in [1.54, 1.807) is 12.1 Å². The molecule has 3 aromatic rings. The normalized spacial score (nSPS) is 20.6. The van der Waals surface area contributed by atoms with Gasteiger partial charge < -0.3 is 19.3 Å². The molecule has 0 aromatic heterocycles. The summed E-state index contributed by atoms with van der Waals surface area (Å²) in [6.45, 7) is 12.2. The number of unbranched alkanes of at least 4 members (excludes halogenated alkanes) is 1. The Labute approximate surface area is 242 Å². The highest BCUT2D eigenvalue weighted by Crippen LogP contribution is 2.50. The minimum atomic E-state index is -1.04. The van der Waals surface area contributed by atoms with E-state index in [2.05, 4.69) is 25.6 Å². The molecule has 4 atom stereocenters. The topological polar surface area (TPSA) is 65.0 Å². The van der Waals surface area contributed by atoms with Crippen LogP contribution < -0.4 is 9.47 Å². The fourth-order valence-electron chi connectivity index (χ4n) is 5.65. The lowest BCUT2D eigenvalue weighted by Crippen LogP contribution is -2.36. The molecule has 3 aromatic carbocycles. The summed E-state index contributed by atoms with van der Waals surface area (Å²) in [4.78, 5) is 11.4. The number of ether oxygens (including phenoxy) is 3. The standard InChI is InChI=1S/C34H39ClO5/c1-6-7-11-32-29(24-9-8-10-25(35)17-24)19-28(21(2)3)34(40-32)30-18-26(12-13-31(30)38-20-33(36)37)39-27-15-22(4)14-23(5)16-27/h8-10,12-18,28-29,32,34H,2,6-7,11,19-20H2,1,3-5H3,(H,36,37)/t28-,29-,32+,34+/m0/s1. The molecule has 212 valence electrons. The van der Waals surface area contributed by atoms with Crippen LogP contribution in [-0.2, 0) is 9.53 Å². The van der Waals surface area contributed by atoms with Gasteiger partial charge in [0, 0.05) is 22.4 Å². The average Bonchev–Trinajstić information content (AvgIpc) is 2.90. The number of carboxylic acid groups (broad SMARTS) is 1. The van der Waals surface area contributed by atoms with E-state index in [9.17, 15) is 9.90 Å². The van der Waals surface area contributed by atoms with Crippen molar-refractivity contribution in [1.29, 1.82) is 0 Å². The molecule has 0 aliphatic carbocycles. The largest absolute Gasteiger partial charge is 0.482 e. The van der Waals surface area contributed by atoms with Gasteiger partial charge in [-0.1, -0.05) is 61.7 Å². The lowest BCUT2D eigenvalue weighted by atomic mass is 9.74. The summed E-state index contributed by atoms with van der Waals surface area (Å²) < 4.78 is 19.0. The van der Waals surface area contributed by atoms with Crippen LogP contribution in [0.5, 0.6) is 17.2 Å². The predicted molar refractivity (Wildman–Crippen MR) is 160 cm³/mol. The van der Waals surface area contributed by atoms with Crippen LogP contribution in [0.15, 0.2) is 72.8 Å². The lowest BCUT2D eigenvalue weighted by Gasteiger charge is -2.43. The third-order valence-corrected chi connectivity index (χ3v) is 7.70. The number of aryl methyl sites for hydroxylation is 2. The van der Waals surface area contributed by atoms with Gasteiger partial charge >= 0.3 is 5.97 Å². The van der Waals surface area contributed by atoms with E-state index in [0.717, 1.165) is 59.3 Å². The molecule has 1 fully saturated rings. The van der Waals surface area contributed by atoms with Gasteiger partial charge in [-0.25, -0.2) is 4.79 Å². The van der Waals surface area contributed by atoms with E-state index >= 15 is 0 Å². The molecule has 1 heterocycles. The molecule has 0 spiro atoms. The van der Waals surface area contributed by atoms with Crippen molar-refractivity contribution in [3.63, 3.8) is 0 Å². The summed E-state index contributed by atoms with van der Waals surface area (Å²) in [5.41, 5.74) is 5.14. The SMILES string of the molecule is C=C(C)[C@@H]1C[C@@H](c2cccc(Cl)c2)[C@@H](CCCC)O[C@H]1c1cc(Oc2cc(C)cc(C)c2)ccc1OCC(=O)O. The van der Waals surface area contributed by atoms with Crippen molar-refractivity contribution in [3.8, 4) is 17.2 Å².